The number of aromatic nitrogens is 1. The lowest BCUT2D eigenvalue weighted by Gasteiger charge is -2.11. The highest BCUT2D eigenvalue weighted by atomic mass is 35.5. The highest BCUT2D eigenvalue weighted by molar-refractivity contribution is 7.89. The average molecular weight is 470 g/mol. The predicted molar refractivity (Wildman–Crippen MR) is 126 cm³/mol. The van der Waals surface area contributed by atoms with E-state index in [1.165, 1.54) is 11.3 Å². The lowest BCUT2D eigenvalue weighted by Crippen LogP contribution is -2.23. The number of hydrogen-bond acceptors (Lipinski definition) is 4. The zero-order chi connectivity index (χ0) is 21.8. The van der Waals surface area contributed by atoms with E-state index in [2.05, 4.69) is 9.71 Å². The Morgan fingerprint density at radius 3 is 2.39 bits per heavy atom. The molecule has 0 aliphatic heterocycles. The zero-order valence-electron chi connectivity index (χ0n) is 16.7. The Bertz CT molecular complexity index is 1360. The fourth-order valence-electron chi connectivity index (χ4n) is 3.07. The molecule has 0 bridgehead atoms. The van der Waals surface area contributed by atoms with Crippen LogP contribution in [0, 0.1) is 0 Å². The molecule has 5 nitrogen and oxygen atoms in total. The van der Waals surface area contributed by atoms with Gasteiger partial charge in [0, 0.05) is 24.5 Å². The first-order chi connectivity index (χ1) is 14.9. The van der Waals surface area contributed by atoms with Crippen LogP contribution in [-0.2, 0) is 23.6 Å². The van der Waals surface area contributed by atoms with Crippen LogP contribution in [0.1, 0.15) is 5.56 Å². The van der Waals surface area contributed by atoms with Gasteiger partial charge in [-0.2, -0.15) is 0 Å². The van der Waals surface area contributed by atoms with Crippen molar-refractivity contribution in [2.45, 2.75) is 11.4 Å². The molecule has 3 aromatic carbocycles. The van der Waals surface area contributed by atoms with Gasteiger partial charge >= 0.3 is 0 Å². The molecular formula is C23H20ClN3O2S2. The van der Waals surface area contributed by atoms with Crippen LogP contribution in [0.15, 0.2) is 94.1 Å². The van der Waals surface area contributed by atoms with E-state index < -0.39 is 10.0 Å². The zero-order valence-corrected chi connectivity index (χ0v) is 19.1. The van der Waals surface area contributed by atoms with Crippen molar-refractivity contribution in [3.63, 3.8) is 0 Å². The summed E-state index contributed by atoms with van der Waals surface area (Å²) < 4.78 is 30.4. The van der Waals surface area contributed by atoms with Crippen LogP contribution in [0.5, 0.6) is 0 Å². The van der Waals surface area contributed by atoms with Crippen LogP contribution in [0.4, 0.5) is 5.69 Å². The van der Waals surface area contributed by atoms with Crippen LogP contribution in [0.25, 0.3) is 11.3 Å². The Hall–Kier alpha value is -2.71. The van der Waals surface area contributed by atoms with Gasteiger partial charge in [-0.25, -0.2) is 18.1 Å². The van der Waals surface area contributed by atoms with Crippen molar-refractivity contribution in [1.82, 2.24) is 9.29 Å². The number of halogens is 1. The maximum atomic E-state index is 12.9. The highest BCUT2D eigenvalue weighted by Crippen LogP contribution is 2.28. The molecule has 0 amide bonds. The van der Waals surface area contributed by atoms with Crippen LogP contribution in [0.2, 0.25) is 5.02 Å². The summed E-state index contributed by atoms with van der Waals surface area (Å²) >= 11 is 7.75. The number of benzene rings is 3. The third-order valence-electron chi connectivity index (χ3n) is 4.73. The summed E-state index contributed by atoms with van der Waals surface area (Å²) in [5.74, 6) is 0. The van der Waals surface area contributed by atoms with Crippen molar-refractivity contribution in [3.8, 4) is 11.3 Å². The van der Waals surface area contributed by atoms with Gasteiger partial charge in [-0.15, -0.1) is 11.3 Å². The molecule has 1 aromatic heterocycles. The highest BCUT2D eigenvalue weighted by Gasteiger charge is 2.19. The van der Waals surface area contributed by atoms with Gasteiger partial charge in [0.1, 0.15) is 4.90 Å². The number of hydrogen-bond donors (Lipinski definition) is 1. The van der Waals surface area contributed by atoms with Gasteiger partial charge in [0.05, 0.1) is 16.4 Å². The first-order valence-corrected chi connectivity index (χ1v) is 12.3. The number of sulfonamides is 1. The monoisotopic (exact) mass is 469 g/mol. The van der Waals surface area contributed by atoms with Gasteiger partial charge in [-0.05, 0) is 29.8 Å². The molecule has 1 heterocycles. The van der Waals surface area contributed by atoms with Gasteiger partial charge in [-0.3, -0.25) is 0 Å². The van der Waals surface area contributed by atoms with E-state index in [4.69, 9.17) is 11.6 Å². The smallest absolute Gasteiger partial charge is 0.242 e. The minimum atomic E-state index is -3.79. The molecule has 0 atom stereocenters. The lowest BCUT2D eigenvalue weighted by atomic mass is 10.2. The van der Waals surface area contributed by atoms with Gasteiger partial charge in [0.2, 0.25) is 10.0 Å². The fraction of sp³-hybridized carbons (Fsp3) is 0.0870. The number of para-hydroxylation sites is 1. The van der Waals surface area contributed by atoms with Crippen molar-refractivity contribution >= 4 is 38.6 Å². The molecular weight excluding hydrogens is 450 g/mol. The van der Waals surface area contributed by atoms with E-state index in [1.54, 1.807) is 12.1 Å². The van der Waals surface area contributed by atoms with Gasteiger partial charge < -0.3 is 4.57 Å². The molecule has 0 fully saturated rings. The predicted octanol–water partition coefficient (Wildman–Crippen LogP) is 5.12. The summed E-state index contributed by atoms with van der Waals surface area (Å²) in [6.07, 6.45) is 0. The second-order valence-electron chi connectivity index (χ2n) is 6.87. The van der Waals surface area contributed by atoms with Crippen molar-refractivity contribution < 1.29 is 8.42 Å². The molecule has 31 heavy (non-hydrogen) atoms. The molecule has 0 aliphatic carbocycles. The summed E-state index contributed by atoms with van der Waals surface area (Å²) in [5.41, 5.74) is 3.33. The van der Waals surface area contributed by atoms with E-state index in [0.29, 0.717) is 0 Å². The van der Waals surface area contributed by atoms with Crippen molar-refractivity contribution in [2.24, 2.45) is 12.0 Å². The Kier molecular flexibility index (Phi) is 6.38. The molecule has 4 rings (SSSR count). The van der Waals surface area contributed by atoms with E-state index in [-0.39, 0.29) is 16.5 Å². The first kappa shape index (κ1) is 21.5. The standard InChI is InChI=1S/C23H20ClN3O2S2/c1-27-21(16-30-23(27)26-19-10-6-3-7-11-19)18-12-13-20(24)22(14-18)31(28,29)25-15-17-8-4-2-5-9-17/h2-14,16,25H,15H2,1H3. The van der Waals surface area contributed by atoms with Crippen LogP contribution >= 0.6 is 22.9 Å². The number of nitrogens with one attached hydrogen (secondary N) is 1. The Morgan fingerprint density at radius 2 is 1.68 bits per heavy atom. The Labute approximate surface area is 190 Å². The summed E-state index contributed by atoms with van der Waals surface area (Å²) in [6.45, 7) is 0.191. The Balaban J connectivity index is 1.66. The van der Waals surface area contributed by atoms with E-state index in [1.807, 2.05) is 83.7 Å². The second kappa shape index (κ2) is 9.20. The normalized spacial score (nSPS) is 12.3. The first-order valence-electron chi connectivity index (χ1n) is 9.52. The van der Waals surface area contributed by atoms with Crippen molar-refractivity contribution in [3.05, 3.63) is 99.6 Å². The second-order valence-corrected chi connectivity index (χ2v) is 9.84. The van der Waals surface area contributed by atoms with Gasteiger partial charge in [0.25, 0.3) is 0 Å². The van der Waals surface area contributed by atoms with Gasteiger partial charge in [-0.1, -0.05) is 66.2 Å². The number of thiazole rings is 1. The summed E-state index contributed by atoms with van der Waals surface area (Å²) in [5, 5.41) is 2.13. The molecule has 0 spiro atoms. The molecule has 8 heteroatoms. The molecule has 0 aliphatic rings. The number of nitrogens with zero attached hydrogens (tertiary/aromatic N) is 2. The molecule has 0 saturated carbocycles. The summed E-state index contributed by atoms with van der Waals surface area (Å²) in [6, 6.07) is 24.1. The van der Waals surface area contributed by atoms with Gasteiger partial charge in [0.15, 0.2) is 4.80 Å². The molecule has 158 valence electrons. The maximum Gasteiger partial charge on any atom is 0.242 e. The minimum absolute atomic E-state index is 0.0512. The summed E-state index contributed by atoms with van der Waals surface area (Å²) in [7, 11) is -1.88. The molecule has 4 aromatic rings. The molecule has 1 N–H and O–H groups in total. The van der Waals surface area contributed by atoms with Crippen LogP contribution < -0.4 is 9.52 Å². The van der Waals surface area contributed by atoms with E-state index in [0.717, 1.165) is 27.3 Å². The SMILES string of the molecule is Cn1c(-c2ccc(Cl)c(S(=O)(=O)NCc3ccccc3)c2)csc1=Nc1ccccc1. The molecule has 0 saturated heterocycles. The Morgan fingerprint density at radius 1 is 1.00 bits per heavy atom. The topological polar surface area (TPSA) is 63.5 Å². The van der Waals surface area contributed by atoms with Crippen LogP contribution in [0.3, 0.4) is 0 Å². The van der Waals surface area contributed by atoms with E-state index >= 15 is 0 Å². The minimum Gasteiger partial charge on any atom is -0.320 e. The summed E-state index contributed by atoms with van der Waals surface area (Å²) in [4.78, 5) is 5.52. The van der Waals surface area contributed by atoms with E-state index in [9.17, 15) is 8.42 Å². The maximum absolute atomic E-state index is 12.9. The number of rotatable bonds is 6. The fourth-order valence-corrected chi connectivity index (χ4v) is 5.53. The van der Waals surface area contributed by atoms with Crippen molar-refractivity contribution in [2.75, 3.05) is 0 Å². The van der Waals surface area contributed by atoms with Crippen molar-refractivity contribution in [1.29, 1.82) is 0 Å². The lowest BCUT2D eigenvalue weighted by molar-refractivity contribution is 0.581. The third-order valence-corrected chi connectivity index (χ3v) is 7.53. The molecule has 0 unspecified atom stereocenters. The average Bonchev–Trinajstić information content (AvgIpc) is 3.14. The van der Waals surface area contributed by atoms with Crippen LogP contribution in [-0.4, -0.2) is 13.0 Å². The third kappa shape index (κ3) is 4.97. The molecule has 0 radical (unpaired) electrons. The largest absolute Gasteiger partial charge is 0.320 e. The quantitative estimate of drug-likeness (QED) is 0.426.